The van der Waals surface area contributed by atoms with Crippen LogP contribution in [0.25, 0.3) is 11.0 Å². The number of amides is 1. The third-order valence-electron chi connectivity index (χ3n) is 3.49. The Bertz CT molecular complexity index is 560. The number of likely N-dealkylation sites (N-methyl/N-ethyl adjacent to an activating group) is 1. The van der Waals surface area contributed by atoms with Crippen LogP contribution in [0.2, 0.25) is 0 Å². The van der Waals surface area contributed by atoms with Gasteiger partial charge in [-0.1, -0.05) is 18.2 Å². The first-order valence-electron chi connectivity index (χ1n) is 6.94. The van der Waals surface area contributed by atoms with Crippen LogP contribution in [0.1, 0.15) is 18.7 Å². The average Bonchev–Trinajstić information content (AvgIpc) is 2.93. The molecule has 0 bridgehead atoms. The summed E-state index contributed by atoms with van der Waals surface area (Å²) in [5.41, 5.74) is 0.830. The smallest absolute Gasteiger partial charge is 0.248 e. The lowest BCUT2D eigenvalue weighted by Crippen LogP contribution is -2.32. The van der Waals surface area contributed by atoms with E-state index in [-0.39, 0.29) is 18.6 Å². The van der Waals surface area contributed by atoms with E-state index in [0.717, 1.165) is 16.7 Å². The molecule has 21 heavy (non-hydrogen) atoms. The maximum atomic E-state index is 12.1. The van der Waals surface area contributed by atoms with E-state index in [1.165, 1.54) is 0 Å². The van der Waals surface area contributed by atoms with Crippen molar-refractivity contribution in [3.05, 3.63) is 36.1 Å². The van der Waals surface area contributed by atoms with Crippen molar-refractivity contribution in [2.24, 2.45) is 0 Å². The first kappa shape index (κ1) is 15.5. The molecule has 0 aliphatic rings. The summed E-state index contributed by atoms with van der Waals surface area (Å²) >= 11 is 0. The van der Waals surface area contributed by atoms with Crippen LogP contribution in [0.4, 0.5) is 0 Å². The number of hydrogen-bond donors (Lipinski definition) is 0. The van der Waals surface area contributed by atoms with Crippen molar-refractivity contribution >= 4 is 16.9 Å². The molecular weight excluding hydrogens is 270 g/mol. The van der Waals surface area contributed by atoms with Crippen LogP contribution >= 0.6 is 0 Å². The zero-order valence-corrected chi connectivity index (χ0v) is 12.7. The molecule has 0 aliphatic carbocycles. The highest BCUT2D eigenvalue weighted by molar-refractivity contribution is 5.79. The third-order valence-corrected chi connectivity index (χ3v) is 3.49. The summed E-state index contributed by atoms with van der Waals surface area (Å²) in [6.45, 7) is 2.88. The molecule has 2 rings (SSSR count). The van der Waals surface area contributed by atoms with E-state index in [0.29, 0.717) is 13.2 Å². The van der Waals surface area contributed by atoms with E-state index < -0.39 is 0 Å². The van der Waals surface area contributed by atoms with Crippen molar-refractivity contribution in [2.45, 2.75) is 13.0 Å². The van der Waals surface area contributed by atoms with E-state index in [9.17, 15) is 4.79 Å². The number of rotatable bonds is 7. The SMILES string of the molecule is COCCOCC(=O)N(C)C(C)c1cc2ccccc2o1. The van der Waals surface area contributed by atoms with Gasteiger partial charge in [-0.3, -0.25) is 4.79 Å². The van der Waals surface area contributed by atoms with Gasteiger partial charge in [-0.15, -0.1) is 0 Å². The first-order chi connectivity index (χ1) is 10.1. The van der Waals surface area contributed by atoms with Crippen molar-refractivity contribution < 1.29 is 18.7 Å². The molecule has 0 saturated carbocycles. The van der Waals surface area contributed by atoms with Crippen LogP contribution in [0.15, 0.2) is 34.7 Å². The molecule has 5 nitrogen and oxygen atoms in total. The number of para-hydroxylation sites is 1. The quantitative estimate of drug-likeness (QED) is 0.736. The van der Waals surface area contributed by atoms with Crippen LogP contribution in [-0.2, 0) is 14.3 Å². The number of carbonyl (C=O) groups is 1. The van der Waals surface area contributed by atoms with Crippen molar-refractivity contribution in [3.8, 4) is 0 Å². The zero-order chi connectivity index (χ0) is 15.2. The van der Waals surface area contributed by atoms with Crippen LogP contribution in [-0.4, -0.2) is 44.8 Å². The minimum Gasteiger partial charge on any atom is -0.459 e. The molecule has 0 fully saturated rings. The lowest BCUT2D eigenvalue weighted by atomic mass is 10.2. The Hall–Kier alpha value is -1.85. The van der Waals surface area contributed by atoms with Gasteiger partial charge in [0.05, 0.1) is 19.3 Å². The summed E-state index contributed by atoms with van der Waals surface area (Å²) in [7, 11) is 3.35. The molecule has 1 heterocycles. The maximum Gasteiger partial charge on any atom is 0.248 e. The number of furan rings is 1. The number of carbonyl (C=O) groups excluding carboxylic acids is 1. The lowest BCUT2D eigenvalue weighted by Gasteiger charge is -2.23. The Kier molecular flexibility index (Phi) is 5.36. The van der Waals surface area contributed by atoms with E-state index in [1.54, 1.807) is 19.1 Å². The largest absolute Gasteiger partial charge is 0.459 e. The fourth-order valence-electron chi connectivity index (χ4n) is 2.02. The Balaban J connectivity index is 1.97. The monoisotopic (exact) mass is 291 g/mol. The van der Waals surface area contributed by atoms with Gasteiger partial charge in [0.1, 0.15) is 18.0 Å². The van der Waals surface area contributed by atoms with E-state index in [1.807, 2.05) is 37.3 Å². The minimum atomic E-state index is -0.143. The van der Waals surface area contributed by atoms with Crippen LogP contribution < -0.4 is 0 Å². The Morgan fingerprint density at radius 3 is 2.81 bits per heavy atom. The number of hydrogen-bond acceptors (Lipinski definition) is 4. The van der Waals surface area contributed by atoms with Gasteiger partial charge in [-0.05, 0) is 19.1 Å². The predicted molar refractivity (Wildman–Crippen MR) is 80.1 cm³/mol. The molecule has 0 spiro atoms. The molecule has 0 radical (unpaired) electrons. The highest BCUT2D eigenvalue weighted by Gasteiger charge is 2.20. The predicted octanol–water partition coefficient (Wildman–Crippen LogP) is 2.62. The summed E-state index contributed by atoms with van der Waals surface area (Å²) in [6.07, 6.45) is 0. The van der Waals surface area contributed by atoms with Gasteiger partial charge in [-0.2, -0.15) is 0 Å². The molecule has 114 valence electrons. The van der Waals surface area contributed by atoms with Crippen molar-refractivity contribution in [2.75, 3.05) is 34.0 Å². The maximum absolute atomic E-state index is 12.1. The number of fused-ring (bicyclic) bond motifs is 1. The summed E-state index contributed by atoms with van der Waals surface area (Å²) < 4.78 is 15.9. The van der Waals surface area contributed by atoms with E-state index in [4.69, 9.17) is 13.9 Å². The second-order valence-electron chi connectivity index (χ2n) is 4.91. The van der Waals surface area contributed by atoms with Crippen LogP contribution in [0, 0.1) is 0 Å². The molecule has 1 amide bonds. The lowest BCUT2D eigenvalue weighted by molar-refractivity contribution is -0.137. The summed E-state index contributed by atoms with van der Waals surface area (Å²) in [4.78, 5) is 13.7. The topological polar surface area (TPSA) is 51.9 Å². The second-order valence-corrected chi connectivity index (χ2v) is 4.91. The van der Waals surface area contributed by atoms with Gasteiger partial charge in [-0.25, -0.2) is 0 Å². The van der Waals surface area contributed by atoms with Gasteiger partial charge in [0, 0.05) is 19.5 Å². The molecule has 1 aromatic carbocycles. The van der Waals surface area contributed by atoms with Gasteiger partial charge in [0.25, 0.3) is 0 Å². The standard InChI is InChI=1S/C16H21NO4/c1-12(17(2)16(18)11-20-9-8-19-3)15-10-13-6-4-5-7-14(13)21-15/h4-7,10,12H,8-9,11H2,1-3H3. The summed E-state index contributed by atoms with van der Waals surface area (Å²) in [6, 6.07) is 9.63. The van der Waals surface area contributed by atoms with Gasteiger partial charge in [0.15, 0.2) is 0 Å². The fourth-order valence-corrected chi connectivity index (χ4v) is 2.02. The van der Waals surface area contributed by atoms with Crippen molar-refractivity contribution in [1.29, 1.82) is 0 Å². The van der Waals surface area contributed by atoms with Gasteiger partial charge < -0.3 is 18.8 Å². The molecule has 5 heteroatoms. The highest BCUT2D eigenvalue weighted by atomic mass is 16.5. The molecule has 2 aromatic rings. The number of nitrogens with zero attached hydrogens (tertiary/aromatic N) is 1. The molecule has 0 N–H and O–H groups in total. The Morgan fingerprint density at radius 1 is 1.33 bits per heavy atom. The molecule has 1 unspecified atom stereocenters. The Morgan fingerprint density at radius 2 is 2.10 bits per heavy atom. The molecular formula is C16H21NO4. The van der Waals surface area contributed by atoms with E-state index in [2.05, 4.69) is 0 Å². The molecule has 1 atom stereocenters. The van der Waals surface area contributed by atoms with Gasteiger partial charge in [0.2, 0.25) is 5.91 Å². The zero-order valence-electron chi connectivity index (χ0n) is 12.7. The van der Waals surface area contributed by atoms with Crippen molar-refractivity contribution in [1.82, 2.24) is 4.90 Å². The van der Waals surface area contributed by atoms with E-state index >= 15 is 0 Å². The molecule has 0 aliphatic heterocycles. The fraction of sp³-hybridized carbons (Fsp3) is 0.438. The second kappa shape index (κ2) is 7.24. The normalized spacial score (nSPS) is 12.5. The van der Waals surface area contributed by atoms with Gasteiger partial charge >= 0.3 is 0 Å². The number of benzene rings is 1. The summed E-state index contributed by atoms with van der Waals surface area (Å²) in [5.74, 6) is 0.683. The number of ether oxygens (including phenoxy) is 2. The summed E-state index contributed by atoms with van der Waals surface area (Å²) in [5, 5.41) is 1.04. The third kappa shape index (κ3) is 3.83. The van der Waals surface area contributed by atoms with Crippen LogP contribution in [0.5, 0.6) is 0 Å². The average molecular weight is 291 g/mol. The molecule has 0 saturated heterocycles. The number of methoxy groups -OCH3 is 1. The molecule has 1 aromatic heterocycles. The minimum absolute atomic E-state index is 0.0461. The van der Waals surface area contributed by atoms with Crippen LogP contribution in [0.3, 0.4) is 0 Å². The first-order valence-corrected chi connectivity index (χ1v) is 6.94. The highest BCUT2D eigenvalue weighted by Crippen LogP contribution is 2.26. The van der Waals surface area contributed by atoms with Crippen molar-refractivity contribution in [3.63, 3.8) is 0 Å². The Labute approximate surface area is 124 Å².